The summed E-state index contributed by atoms with van der Waals surface area (Å²) in [5, 5.41) is 4.99. The van der Waals surface area contributed by atoms with E-state index in [0.29, 0.717) is 49.8 Å². The second kappa shape index (κ2) is 13.5. The summed E-state index contributed by atoms with van der Waals surface area (Å²) >= 11 is 0. The van der Waals surface area contributed by atoms with Gasteiger partial charge in [-0.25, -0.2) is 4.39 Å². The van der Waals surface area contributed by atoms with Gasteiger partial charge in [-0.1, -0.05) is 19.3 Å². The highest BCUT2D eigenvalue weighted by atomic mass is 19.1. The maximum atomic E-state index is 14.2. The van der Waals surface area contributed by atoms with E-state index in [-0.39, 0.29) is 30.4 Å². The fraction of sp³-hybridized carbons (Fsp3) is 0.548. The standard InChI is InChI=1S/C31H41FN4O4/c32-23-17-24(35-30(37)8-12-33)19-27(18-23)39-25-10-14-36(15-11-25)31(38)22-6-7-29(40-26-9-13-34-20-26)28(16-22)21-4-2-1-3-5-21/h6-7,16-19,21,25-26,34H,1-5,8-15,20,33H2,(H,35,37)/p+2/t26-/m0/s1. The molecule has 3 aliphatic rings. The number of anilines is 1. The molecule has 0 radical (unpaired) electrons. The zero-order chi connectivity index (χ0) is 27.9. The number of hydrogen-bond acceptors (Lipinski definition) is 4. The highest BCUT2D eigenvalue weighted by Gasteiger charge is 2.28. The number of carbonyl (C=O) groups excluding carboxylic acids is 2. The number of nitrogens with zero attached hydrogens (tertiary/aromatic N) is 1. The second-order valence-electron chi connectivity index (χ2n) is 11.4. The molecule has 2 aromatic rings. The summed E-state index contributed by atoms with van der Waals surface area (Å²) in [7, 11) is 0. The van der Waals surface area contributed by atoms with Gasteiger partial charge < -0.3 is 30.7 Å². The number of halogens is 1. The Labute approximate surface area is 235 Å². The van der Waals surface area contributed by atoms with Crippen LogP contribution in [0.4, 0.5) is 10.1 Å². The Morgan fingerprint density at radius 1 is 0.975 bits per heavy atom. The number of hydrogen-bond donors (Lipinski definition) is 3. The third-order valence-electron chi connectivity index (χ3n) is 8.31. The van der Waals surface area contributed by atoms with Crippen molar-refractivity contribution < 1.29 is 34.5 Å². The molecule has 1 atom stereocenters. The molecule has 2 heterocycles. The van der Waals surface area contributed by atoms with Gasteiger partial charge in [-0.2, -0.15) is 0 Å². The smallest absolute Gasteiger partial charge is 0.253 e. The van der Waals surface area contributed by atoms with Crippen LogP contribution in [-0.2, 0) is 4.79 Å². The SMILES string of the molecule is [NH3+]CCC(=O)Nc1cc(F)cc(OC2CCN(C(=O)c3ccc(O[C@H]4CC[NH2+]C4)c(C4CCCCC4)c3)CC2)c1. The lowest BCUT2D eigenvalue weighted by atomic mass is 9.83. The van der Waals surface area contributed by atoms with Gasteiger partial charge >= 0.3 is 0 Å². The Hall–Kier alpha value is -3.17. The number of likely N-dealkylation sites (tertiary alicyclic amines) is 1. The average Bonchev–Trinajstić information content (AvgIpc) is 3.47. The summed E-state index contributed by atoms with van der Waals surface area (Å²) in [6, 6.07) is 10.3. The summed E-state index contributed by atoms with van der Waals surface area (Å²) in [5.41, 5.74) is 5.95. The Morgan fingerprint density at radius 2 is 1.77 bits per heavy atom. The first-order valence-corrected chi connectivity index (χ1v) is 15.0. The van der Waals surface area contributed by atoms with E-state index in [1.807, 2.05) is 17.0 Å². The van der Waals surface area contributed by atoms with Crippen molar-refractivity contribution in [1.82, 2.24) is 4.90 Å². The maximum Gasteiger partial charge on any atom is 0.253 e. The van der Waals surface area contributed by atoms with E-state index in [1.54, 1.807) is 6.07 Å². The molecule has 3 fully saturated rings. The maximum absolute atomic E-state index is 14.2. The normalized spacial score (nSPS) is 20.4. The van der Waals surface area contributed by atoms with Crippen LogP contribution in [0.3, 0.4) is 0 Å². The monoisotopic (exact) mass is 554 g/mol. The second-order valence-corrected chi connectivity index (χ2v) is 11.4. The summed E-state index contributed by atoms with van der Waals surface area (Å²) in [4.78, 5) is 27.3. The quantitative estimate of drug-likeness (QED) is 0.443. The number of nitrogens with two attached hydrogens (primary N) is 1. The zero-order valence-electron chi connectivity index (χ0n) is 23.3. The van der Waals surface area contributed by atoms with Gasteiger partial charge in [-0.15, -0.1) is 0 Å². The van der Waals surface area contributed by atoms with Crippen molar-refractivity contribution in [3.63, 3.8) is 0 Å². The predicted octanol–water partition coefficient (Wildman–Crippen LogP) is 2.84. The van der Waals surface area contributed by atoms with Crippen molar-refractivity contribution in [3.05, 3.63) is 53.3 Å². The molecule has 5 rings (SSSR count). The lowest BCUT2D eigenvalue weighted by Gasteiger charge is -2.33. The molecule has 6 N–H and O–H groups in total. The summed E-state index contributed by atoms with van der Waals surface area (Å²) in [6.45, 7) is 3.71. The minimum absolute atomic E-state index is 0.0393. The van der Waals surface area contributed by atoms with Gasteiger partial charge in [-0.3, -0.25) is 9.59 Å². The number of rotatable bonds is 9. The summed E-state index contributed by atoms with van der Waals surface area (Å²) in [5.74, 6) is 1.14. The molecule has 1 saturated carbocycles. The number of quaternary nitrogens is 2. The first kappa shape index (κ1) is 28.4. The van der Waals surface area contributed by atoms with E-state index in [2.05, 4.69) is 22.4 Å². The Balaban J connectivity index is 1.21. The average molecular weight is 555 g/mol. The molecule has 0 aromatic heterocycles. The first-order chi connectivity index (χ1) is 19.5. The van der Waals surface area contributed by atoms with E-state index in [0.717, 1.165) is 43.7 Å². The zero-order valence-corrected chi connectivity index (χ0v) is 23.3. The predicted molar refractivity (Wildman–Crippen MR) is 150 cm³/mol. The minimum Gasteiger partial charge on any atom is -0.490 e. The molecule has 2 aliphatic heterocycles. The van der Waals surface area contributed by atoms with Crippen molar-refractivity contribution >= 4 is 17.5 Å². The number of benzene rings is 2. The topological polar surface area (TPSA) is 112 Å². The molecule has 9 heteroatoms. The lowest BCUT2D eigenvalue weighted by molar-refractivity contribution is -0.638. The van der Waals surface area contributed by atoms with Crippen molar-refractivity contribution in [2.24, 2.45) is 0 Å². The van der Waals surface area contributed by atoms with E-state index in [1.165, 1.54) is 37.0 Å². The Morgan fingerprint density at radius 3 is 2.50 bits per heavy atom. The first-order valence-electron chi connectivity index (χ1n) is 15.0. The van der Waals surface area contributed by atoms with E-state index in [9.17, 15) is 14.0 Å². The van der Waals surface area contributed by atoms with Crippen LogP contribution in [0.1, 0.15) is 79.6 Å². The summed E-state index contributed by atoms with van der Waals surface area (Å²) < 4.78 is 26.7. The number of amides is 2. The van der Waals surface area contributed by atoms with E-state index in [4.69, 9.17) is 9.47 Å². The van der Waals surface area contributed by atoms with E-state index >= 15 is 0 Å². The Bertz CT molecular complexity index is 1170. The number of nitrogens with one attached hydrogen (secondary N) is 1. The molecule has 0 bridgehead atoms. The molecule has 2 aromatic carbocycles. The third kappa shape index (κ3) is 7.31. The Kier molecular flexibility index (Phi) is 9.54. The van der Waals surface area contributed by atoms with Gasteiger partial charge in [0.1, 0.15) is 30.0 Å². The highest BCUT2D eigenvalue weighted by molar-refractivity contribution is 5.94. The molecule has 40 heavy (non-hydrogen) atoms. The van der Waals surface area contributed by atoms with Gasteiger partial charge in [0.2, 0.25) is 5.91 Å². The molecule has 216 valence electrons. The molecule has 2 saturated heterocycles. The molecule has 2 amide bonds. The van der Waals surface area contributed by atoms with Crippen molar-refractivity contribution in [2.75, 3.05) is 38.0 Å². The molecule has 0 spiro atoms. The van der Waals surface area contributed by atoms with Gasteiger partial charge in [0, 0.05) is 55.7 Å². The minimum atomic E-state index is -0.470. The fourth-order valence-electron chi connectivity index (χ4n) is 6.17. The molecule has 1 aliphatic carbocycles. The molecular weight excluding hydrogens is 511 g/mol. The van der Waals surface area contributed by atoms with Crippen molar-refractivity contribution in [2.45, 2.75) is 75.9 Å². The molecule has 0 unspecified atom stereocenters. The van der Waals surface area contributed by atoms with Crippen LogP contribution in [0.5, 0.6) is 11.5 Å². The third-order valence-corrected chi connectivity index (χ3v) is 8.31. The van der Waals surface area contributed by atoms with Gasteiger partial charge in [0.05, 0.1) is 19.5 Å². The summed E-state index contributed by atoms with van der Waals surface area (Å²) in [6.07, 6.45) is 8.77. The number of carbonyl (C=O) groups is 2. The number of ether oxygens (including phenoxy) is 2. The van der Waals surface area contributed by atoms with E-state index < -0.39 is 5.82 Å². The highest BCUT2D eigenvalue weighted by Crippen LogP contribution is 2.39. The lowest BCUT2D eigenvalue weighted by Crippen LogP contribution is -2.81. The van der Waals surface area contributed by atoms with Gasteiger partial charge in [0.15, 0.2) is 6.10 Å². The van der Waals surface area contributed by atoms with Crippen LogP contribution >= 0.6 is 0 Å². The van der Waals surface area contributed by atoms with Crippen LogP contribution < -0.4 is 25.8 Å². The van der Waals surface area contributed by atoms with Crippen LogP contribution in [-0.4, -0.2) is 61.6 Å². The van der Waals surface area contributed by atoms with Crippen LogP contribution in [0.2, 0.25) is 0 Å². The van der Waals surface area contributed by atoms with Gasteiger partial charge in [-0.05, 0) is 48.6 Å². The number of piperidine rings is 1. The fourth-order valence-corrected chi connectivity index (χ4v) is 6.17. The molecular formula is C31H43FN4O4+2. The molecule has 8 nitrogen and oxygen atoms in total. The van der Waals surface area contributed by atoms with Crippen LogP contribution in [0.25, 0.3) is 0 Å². The van der Waals surface area contributed by atoms with Crippen molar-refractivity contribution in [3.8, 4) is 11.5 Å². The van der Waals surface area contributed by atoms with Crippen molar-refractivity contribution in [1.29, 1.82) is 0 Å². The largest absolute Gasteiger partial charge is 0.490 e. The van der Waals surface area contributed by atoms with Crippen LogP contribution in [0.15, 0.2) is 36.4 Å². The van der Waals surface area contributed by atoms with Crippen LogP contribution in [0, 0.1) is 5.82 Å². The van der Waals surface area contributed by atoms with Gasteiger partial charge in [0.25, 0.3) is 5.91 Å².